The molecule has 1 atom stereocenters. The molecular weight excluding hydrogens is 350 g/mol. The number of aliphatic imine (C=N–C) groups is 1. The van der Waals surface area contributed by atoms with Crippen LogP contribution in [-0.4, -0.2) is 82.8 Å². The molecule has 7 nitrogen and oxygen atoms in total. The zero-order valence-electron chi connectivity index (χ0n) is 15.8. The Balaban J connectivity index is 1.52. The predicted octanol–water partition coefficient (Wildman–Crippen LogP) is 0.0633. The van der Waals surface area contributed by atoms with Crippen molar-refractivity contribution in [2.45, 2.75) is 24.4 Å². The van der Waals surface area contributed by atoms with E-state index in [1.54, 1.807) is 13.1 Å². The van der Waals surface area contributed by atoms with Crippen LogP contribution in [0.1, 0.15) is 11.1 Å². The van der Waals surface area contributed by atoms with E-state index in [1.807, 2.05) is 19.1 Å². The molecule has 1 unspecified atom stereocenters. The first kappa shape index (κ1) is 19.1. The van der Waals surface area contributed by atoms with Crippen molar-refractivity contribution in [3.05, 3.63) is 29.3 Å². The van der Waals surface area contributed by atoms with Gasteiger partial charge in [0.25, 0.3) is 0 Å². The number of nitrogens with zero attached hydrogens (tertiary/aromatic N) is 3. The normalized spacial score (nSPS) is 26.0. The minimum absolute atomic E-state index is 0.389. The highest BCUT2D eigenvalue weighted by Gasteiger charge is 2.31. The van der Waals surface area contributed by atoms with Gasteiger partial charge in [0.05, 0.1) is 4.90 Å². The largest absolute Gasteiger partial charge is 0.355 e. The molecule has 1 aromatic carbocycles. The monoisotopic (exact) mass is 379 g/mol. The van der Waals surface area contributed by atoms with Crippen LogP contribution in [-0.2, 0) is 16.4 Å². The van der Waals surface area contributed by atoms with Crippen LogP contribution in [0, 0.1) is 6.92 Å². The summed E-state index contributed by atoms with van der Waals surface area (Å²) in [5.74, 6) is 0.771. The average Bonchev–Trinajstić information content (AvgIpc) is 2.62. The van der Waals surface area contributed by atoms with Gasteiger partial charge in [0.2, 0.25) is 0 Å². The first-order valence-corrected chi connectivity index (χ1v) is 11.0. The Morgan fingerprint density at radius 1 is 1.23 bits per heavy atom. The van der Waals surface area contributed by atoms with E-state index in [1.165, 1.54) is 19.3 Å². The molecule has 0 aromatic heterocycles. The van der Waals surface area contributed by atoms with Crippen LogP contribution in [0.4, 0.5) is 0 Å². The highest BCUT2D eigenvalue weighted by molar-refractivity contribution is 7.90. The number of hydrogen-bond acceptors (Lipinski definition) is 5. The first-order valence-electron chi connectivity index (χ1n) is 9.07. The maximum Gasteiger partial charge on any atom is 0.191 e. The minimum Gasteiger partial charge on any atom is -0.355 e. The molecule has 26 heavy (non-hydrogen) atoms. The summed E-state index contributed by atoms with van der Waals surface area (Å²) in [5, 5.41) is 6.73. The lowest BCUT2D eigenvalue weighted by Gasteiger charge is -2.47. The molecule has 0 amide bonds. The van der Waals surface area contributed by atoms with Crippen LogP contribution in [0.25, 0.3) is 0 Å². The van der Waals surface area contributed by atoms with E-state index in [0.29, 0.717) is 17.5 Å². The molecule has 0 radical (unpaired) electrons. The Bertz CT molecular complexity index is 770. The first-order chi connectivity index (χ1) is 12.4. The Hall–Kier alpha value is -1.64. The summed E-state index contributed by atoms with van der Waals surface area (Å²) >= 11 is 0. The lowest BCUT2D eigenvalue weighted by Crippen LogP contribution is -2.63. The molecule has 3 heterocycles. The second-order valence-corrected chi connectivity index (χ2v) is 9.15. The van der Waals surface area contributed by atoms with Crippen molar-refractivity contribution in [3.8, 4) is 0 Å². The molecule has 1 aromatic rings. The van der Waals surface area contributed by atoms with Crippen LogP contribution in [0.2, 0.25) is 0 Å². The molecule has 2 N–H and O–H groups in total. The van der Waals surface area contributed by atoms with Crippen molar-refractivity contribution in [2.75, 3.05) is 52.6 Å². The van der Waals surface area contributed by atoms with Gasteiger partial charge in [-0.05, 0) is 24.1 Å². The number of hydrogen-bond donors (Lipinski definition) is 2. The van der Waals surface area contributed by atoms with E-state index in [4.69, 9.17) is 0 Å². The third kappa shape index (κ3) is 4.55. The molecule has 0 spiro atoms. The number of aryl methyl sites for hydroxylation is 1. The van der Waals surface area contributed by atoms with Gasteiger partial charge in [-0.1, -0.05) is 12.1 Å². The fourth-order valence-electron chi connectivity index (χ4n) is 3.78. The highest BCUT2D eigenvalue weighted by Crippen LogP contribution is 2.17. The fraction of sp³-hybridized carbons (Fsp3) is 0.611. The zero-order valence-corrected chi connectivity index (χ0v) is 16.6. The highest BCUT2D eigenvalue weighted by atomic mass is 32.2. The van der Waals surface area contributed by atoms with E-state index in [-0.39, 0.29) is 0 Å². The lowest BCUT2D eigenvalue weighted by atomic mass is 10.1. The fourth-order valence-corrected chi connectivity index (χ4v) is 4.74. The van der Waals surface area contributed by atoms with E-state index in [0.717, 1.165) is 43.3 Å². The van der Waals surface area contributed by atoms with Crippen molar-refractivity contribution < 1.29 is 8.42 Å². The zero-order chi connectivity index (χ0) is 18.7. The Kier molecular flexibility index (Phi) is 5.84. The lowest BCUT2D eigenvalue weighted by molar-refractivity contribution is 0.0154. The maximum atomic E-state index is 11.7. The average molecular weight is 380 g/mol. The molecule has 3 saturated heterocycles. The summed E-state index contributed by atoms with van der Waals surface area (Å²) in [6, 6.07) is 5.98. The van der Waals surface area contributed by atoms with Gasteiger partial charge in [-0.25, -0.2) is 8.42 Å². The molecule has 3 aliphatic heterocycles. The summed E-state index contributed by atoms with van der Waals surface area (Å²) in [6.07, 6.45) is 1.24. The van der Waals surface area contributed by atoms with Gasteiger partial charge in [-0.2, -0.15) is 0 Å². The van der Waals surface area contributed by atoms with Gasteiger partial charge in [0.15, 0.2) is 15.8 Å². The summed E-state index contributed by atoms with van der Waals surface area (Å²) < 4.78 is 23.4. The molecule has 3 fully saturated rings. The standard InChI is InChI=1S/C18H29N5O2S/c1-14-10-15(4-5-17(14)26(3,24)25)11-20-18(19-2)21-12-16-13-22-6-8-23(16)9-7-22/h4-5,10,16H,6-9,11-13H2,1-3H3,(H2,19,20,21). The van der Waals surface area contributed by atoms with Crippen LogP contribution >= 0.6 is 0 Å². The topological polar surface area (TPSA) is 77.0 Å². The molecule has 0 aliphatic carbocycles. The quantitative estimate of drug-likeness (QED) is 0.557. The van der Waals surface area contributed by atoms with Gasteiger partial charge in [-0.15, -0.1) is 0 Å². The second-order valence-electron chi connectivity index (χ2n) is 7.17. The van der Waals surface area contributed by atoms with Gasteiger partial charge in [0.1, 0.15) is 0 Å². The third-order valence-electron chi connectivity index (χ3n) is 5.22. The number of sulfone groups is 1. The second kappa shape index (κ2) is 7.94. The molecule has 3 aliphatic rings. The predicted molar refractivity (Wildman–Crippen MR) is 104 cm³/mol. The van der Waals surface area contributed by atoms with Gasteiger partial charge >= 0.3 is 0 Å². The molecule has 144 valence electrons. The number of nitrogens with one attached hydrogen (secondary N) is 2. The molecule has 2 bridgehead atoms. The maximum absolute atomic E-state index is 11.7. The minimum atomic E-state index is -3.18. The SMILES string of the molecule is CN=C(NCc1ccc(S(C)(=O)=O)c(C)c1)NCC1CN2CCN1CC2. The van der Waals surface area contributed by atoms with Crippen LogP contribution in [0.15, 0.2) is 28.1 Å². The molecular formula is C18H29N5O2S. The Labute approximate surface area is 156 Å². The van der Waals surface area contributed by atoms with E-state index in [2.05, 4.69) is 25.4 Å². The summed E-state index contributed by atoms with van der Waals surface area (Å²) in [6.45, 7) is 9.12. The molecule has 4 rings (SSSR count). The van der Waals surface area contributed by atoms with Crippen molar-refractivity contribution in [2.24, 2.45) is 4.99 Å². The van der Waals surface area contributed by atoms with Crippen LogP contribution < -0.4 is 10.6 Å². The van der Waals surface area contributed by atoms with Crippen molar-refractivity contribution in [3.63, 3.8) is 0 Å². The van der Waals surface area contributed by atoms with Crippen LogP contribution in [0.3, 0.4) is 0 Å². The molecule has 8 heteroatoms. The summed E-state index contributed by atoms with van der Waals surface area (Å²) in [7, 11) is -1.41. The summed E-state index contributed by atoms with van der Waals surface area (Å²) in [4.78, 5) is 9.76. The van der Waals surface area contributed by atoms with E-state index < -0.39 is 9.84 Å². The Morgan fingerprint density at radius 2 is 1.96 bits per heavy atom. The van der Waals surface area contributed by atoms with Crippen molar-refractivity contribution in [1.29, 1.82) is 0 Å². The Morgan fingerprint density at radius 3 is 2.50 bits per heavy atom. The smallest absolute Gasteiger partial charge is 0.191 e. The van der Waals surface area contributed by atoms with Crippen molar-refractivity contribution >= 4 is 15.8 Å². The van der Waals surface area contributed by atoms with Crippen molar-refractivity contribution in [1.82, 2.24) is 20.4 Å². The third-order valence-corrected chi connectivity index (χ3v) is 6.48. The molecule has 0 saturated carbocycles. The van der Waals surface area contributed by atoms with Gasteiger partial charge < -0.3 is 10.6 Å². The van der Waals surface area contributed by atoms with Crippen LogP contribution in [0.5, 0.6) is 0 Å². The number of fused-ring (bicyclic) bond motifs is 3. The number of guanidine groups is 1. The number of piperazine rings is 3. The number of benzene rings is 1. The van der Waals surface area contributed by atoms with Gasteiger partial charge in [-0.3, -0.25) is 14.8 Å². The van der Waals surface area contributed by atoms with Gasteiger partial charge in [0, 0.05) is 65.2 Å². The number of rotatable bonds is 5. The summed E-state index contributed by atoms with van der Waals surface area (Å²) in [5.41, 5.74) is 1.80. The van der Waals surface area contributed by atoms with E-state index in [9.17, 15) is 8.42 Å². The van der Waals surface area contributed by atoms with E-state index >= 15 is 0 Å².